The SMILES string of the molecule is CCN(C(=O)c1cc(C(F)(F)F)[nH]n1)C1CCN(C(=O)c2n[nH]c(C3CC3)n2)C1. The molecule has 1 saturated carbocycles. The molecule has 2 aromatic rings. The first-order valence-electron chi connectivity index (χ1n) is 9.43. The van der Waals surface area contributed by atoms with Crippen molar-refractivity contribution in [1.29, 1.82) is 0 Å². The number of alkyl halides is 3. The van der Waals surface area contributed by atoms with Crippen molar-refractivity contribution in [3.05, 3.63) is 29.1 Å². The number of hydrogen-bond acceptors (Lipinski definition) is 5. The van der Waals surface area contributed by atoms with Gasteiger partial charge in [-0.3, -0.25) is 19.8 Å². The summed E-state index contributed by atoms with van der Waals surface area (Å²) < 4.78 is 38.3. The molecule has 1 unspecified atom stereocenters. The molecule has 9 nitrogen and oxygen atoms in total. The van der Waals surface area contributed by atoms with Gasteiger partial charge in [-0.05, 0) is 26.2 Å². The van der Waals surface area contributed by atoms with Crippen molar-refractivity contribution in [3.63, 3.8) is 0 Å². The number of likely N-dealkylation sites (tertiary alicyclic amines) is 1. The standard InChI is InChI=1S/C17H20F3N7O2/c1-2-27(15(28)11-7-12(23-22-11)17(18,19)20)10-5-6-26(8-10)16(29)14-21-13(24-25-14)9-3-4-9/h7,9-10H,2-6,8H2,1H3,(H,22,23)(H,21,24,25). The van der Waals surface area contributed by atoms with Gasteiger partial charge in [0.05, 0.1) is 6.04 Å². The van der Waals surface area contributed by atoms with Gasteiger partial charge in [0.1, 0.15) is 11.5 Å². The average Bonchev–Trinajstić information content (AvgIpc) is 3.11. The van der Waals surface area contributed by atoms with E-state index in [1.165, 1.54) is 4.90 Å². The summed E-state index contributed by atoms with van der Waals surface area (Å²) in [6, 6.07) is 0.389. The number of nitrogens with one attached hydrogen (secondary N) is 2. The minimum atomic E-state index is -4.60. The van der Waals surface area contributed by atoms with Gasteiger partial charge >= 0.3 is 6.18 Å². The van der Waals surface area contributed by atoms with E-state index in [9.17, 15) is 22.8 Å². The van der Waals surface area contributed by atoms with Crippen LogP contribution in [-0.4, -0.2) is 72.7 Å². The van der Waals surface area contributed by atoms with Gasteiger partial charge in [-0.2, -0.15) is 18.3 Å². The Hall–Kier alpha value is -2.92. The number of carbonyl (C=O) groups is 2. The highest BCUT2D eigenvalue weighted by atomic mass is 19.4. The molecule has 0 radical (unpaired) electrons. The van der Waals surface area contributed by atoms with Crippen LogP contribution < -0.4 is 0 Å². The fourth-order valence-electron chi connectivity index (χ4n) is 3.52. The number of nitrogens with zero attached hydrogens (tertiary/aromatic N) is 5. The van der Waals surface area contributed by atoms with E-state index in [4.69, 9.17) is 0 Å². The number of aromatic nitrogens is 5. The smallest absolute Gasteiger partial charge is 0.334 e. The van der Waals surface area contributed by atoms with Gasteiger partial charge in [0.2, 0.25) is 5.82 Å². The molecule has 2 aliphatic rings. The lowest BCUT2D eigenvalue weighted by Gasteiger charge is -2.27. The van der Waals surface area contributed by atoms with Gasteiger partial charge in [0.25, 0.3) is 11.8 Å². The summed E-state index contributed by atoms with van der Waals surface area (Å²) in [5.41, 5.74) is -1.37. The van der Waals surface area contributed by atoms with E-state index in [2.05, 4.69) is 20.3 Å². The Morgan fingerprint density at radius 1 is 1.24 bits per heavy atom. The first-order valence-corrected chi connectivity index (χ1v) is 9.43. The Bertz CT molecular complexity index is 918. The van der Waals surface area contributed by atoms with Gasteiger partial charge in [-0.25, -0.2) is 4.98 Å². The molecule has 12 heteroatoms. The third-order valence-corrected chi connectivity index (χ3v) is 5.25. The van der Waals surface area contributed by atoms with Crippen LogP contribution in [0.5, 0.6) is 0 Å². The van der Waals surface area contributed by atoms with Crippen LogP contribution in [0.4, 0.5) is 13.2 Å². The summed E-state index contributed by atoms with van der Waals surface area (Å²) in [6.45, 7) is 2.69. The molecular formula is C17H20F3N7O2. The molecule has 29 heavy (non-hydrogen) atoms. The van der Waals surface area contributed by atoms with Crippen LogP contribution in [0.1, 0.15) is 64.7 Å². The Kier molecular flexibility index (Phi) is 4.79. The maximum absolute atomic E-state index is 12.8. The van der Waals surface area contributed by atoms with E-state index in [1.807, 2.05) is 5.10 Å². The van der Waals surface area contributed by atoms with Gasteiger partial charge in [0, 0.05) is 31.6 Å². The van der Waals surface area contributed by atoms with Gasteiger partial charge < -0.3 is 9.80 Å². The molecule has 4 rings (SSSR count). The Labute approximate surface area is 163 Å². The second-order valence-corrected chi connectivity index (χ2v) is 7.27. The first kappa shape index (κ1) is 19.4. The van der Waals surface area contributed by atoms with E-state index in [1.54, 1.807) is 11.8 Å². The highest BCUT2D eigenvalue weighted by molar-refractivity contribution is 5.93. The molecule has 1 aliphatic carbocycles. The van der Waals surface area contributed by atoms with Crippen LogP contribution in [-0.2, 0) is 6.18 Å². The molecule has 2 fully saturated rings. The summed E-state index contributed by atoms with van der Waals surface area (Å²) >= 11 is 0. The van der Waals surface area contributed by atoms with Gasteiger partial charge in [-0.15, -0.1) is 5.10 Å². The molecule has 0 aromatic carbocycles. The van der Waals surface area contributed by atoms with E-state index in [0.29, 0.717) is 30.8 Å². The number of aromatic amines is 2. The van der Waals surface area contributed by atoms with Gasteiger partial charge in [-0.1, -0.05) is 0 Å². The monoisotopic (exact) mass is 411 g/mol. The minimum absolute atomic E-state index is 0.101. The minimum Gasteiger partial charge on any atom is -0.334 e. The average molecular weight is 411 g/mol. The van der Waals surface area contributed by atoms with Crippen LogP contribution >= 0.6 is 0 Å². The van der Waals surface area contributed by atoms with E-state index < -0.39 is 17.8 Å². The molecule has 0 bridgehead atoms. The second-order valence-electron chi connectivity index (χ2n) is 7.27. The van der Waals surface area contributed by atoms with Crippen molar-refractivity contribution in [2.45, 2.75) is 44.3 Å². The zero-order valence-electron chi connectivity index (χ0n) is 15.7. The number of amides is 2. The number of hydrogen-bond donors (Lipinski definition) is 2. The molecule has 2 N–H and O–H groups in total. The summed E-state index contributed by atoms with van der Waals surface area (Å²) in [6.07, 6.45) is -2.02. The van der Waals surface area contributed by atoms with Crippen LogP contribution in [0.2, 0.25) is 0 Å². The Morgan fingerprint density at radius 2 is 2.00 bits per heavy atom. The van der Waals surface area contributed by atoms with Crippen molar-refractivity contribution >= 4 is 11.8 Å². The molecule has 156 valence electrons. The summed E-state index contributed by atoms with van der Waals surface area (Å²) in [4.78, 5) is 32.6. The van der Waals surface area contributed by atoms with Crippen molar-refractivity contribution in [1.82, 2.24) is 35.2 Å². The fourth-order valence-corrected chi connectivity index (χ4v) is 3.52. The maximum atomic E-state index is 12.8. The summed E-state index contributed by atoms with van der Waals surface area (Å²) in [5, 5.41) is 12.1. The molecule has 2 aromatic heterocycles. The second kappa shape index (κ2) is 7.16. The Morgan fingerprint density at radius 3 is 2.62 bits per heavy atom. The number of halogens is 3. The first-order chi connectivity index (χ1) is 13.8. The lowest BCUT2D eigenvalue weighted by molar-refractivity contribution is -0.141. The van der Waals surface area contributed by atoms with Crippen molar-refractivity contribution in [2.24, 2.45) is 0 Å². The molecule has 1 atom stereocenters. The zero-order valence-corrected chi connectivity index (χ0v) is 15.7. The van der Waals surface area contributed by atoms with Crippen molar-refractivity contribution in [3.8, 4) is 0 Å². The lowest BCUT2D eigenvalue weighted by Crippen LogP contribution is -2.42. The molecule has 3 heterocycles. The van der Waals surface area contributed by atoms with Crippen LogP contribution in [0, 0.1) is 0 Å². The normalized spacial score (nSPS) is 19.6. The van der Waals surface area contributed by atoms with E-state index in [0.717, 1.165) is 12.8 Å². The lowest BCUT2D eigenvalue weighted by atomic mass is 10.2. The topological polar surface area (TPSA) is 111 Å². The number of carbonyl (C=O) groups excluding carboxylic acids is 2. The summed E-state index contributed by atoms with van der Waals surface area (Å²) in [5.74, 6) is 0.238. The number of rotatable bonds is 5. The van der Waals surface area contributed by atoms with Crippen LogP contribution in [0.15, 0.2) is 6.07 Å². The van der Waals surface area contributed by atoms with Crippen molar-refractivity contribution in [2.75, 3.05) is 19.6 Å². The molecule has 1 saturated heterocycles. The third-order valence-electron chi connectivity index (χ3n) is 5.25. The quantitative estimate of drug-likeness (QED) is 0.780. The van der Waals surface area contributed by atoms with Crippen LogP contribution in [0.25, 0.3) is 0 Å². The number of H-pyrrole nitrogens is 2. The molecular weight excluding hydrogens is 391 g/mol. The predicted molar refractivity (Wildman–Crippen MR) is 93.0 cm³/mol. The summed E-state index contributed by atoms with van der Waals surface area (Å²) in [7, 11) is 0. The highest BCUT2D eigenvalue weighted by Gasteiger charge is 2.37. The third kappa shape index (κ3) is 3.83. The largest absolute Gasteiger partial charge is 0.432 e. The fraction of sp³-hybridized carbons (Fsp3) is 0.588. The molecule has 1 aliphatic heterocycles. The van der Waals surface area contributed by atoms with Gasteiger partial charge in [0.15, 0.2) is 5.69 Å². The van der Waals surface area contributed by atoms with E-state index in [-0.39, 0.29) is 36.6 Å². The highest BCUT2D eigenvalue weighted by Crippen LogP contribution is 2.37. The molecule has 0 spiro atoms. The Balaban J connectivity index is 1.42. The van der Waals surface area contributed by atoms with E-state index >= 15 is 0 Å². The molecule has 2 amide bonds. The zero-order chi connectivity index (χ0) is 20.8. The number of likely N-dealkylation sites (N-methyl/N-ethyl adjacent to an activating group) is 1. The van der Waals surface area contributed by atoms with Crippen LogP contribution in [0.3, 0.4) is 0 Å². The van der Waals surface area contributed by atoms with Crippen molar-refractivity contribution < 1.29 is 22.8 Å². The maximum Gasteiger partial charge on any atom is 0.432 e. The predicted octanol–water partition coefficient (Wildman–Crippen LogP) is 1.80.